The van der Waals surface area contributed by atoms with E-state index in [-0.39, 0.29) is 5.78 Å². The number of allylic oxidation sites excluding steroid dienone is 6. The van der Waals surface area contributed by atoms with Gasteiger partial charge in [0, 0.05) is 6.42 Å². The van der Waals surface area contributed by atoms with Crippen LogP contribution in [-0.4, -0.2) is 5.78 Å². The molecular formula is C11H12O. The van der Waals surface area contributed by atoms with Gasteiger partial charge in [-0.15, -0.1) is 0 Å². The summed E-state index contributed by atoms with van der Waals surface area (Å²) in [5, 5.41) is 0. The molecule has 0 aliphatic heterocycles. The SMILES string of the molecule is O=C1C=CC2=CC=CCC2CC1. The van der Waals surface area contributed by atoms with Gasteiger partial charge in [-0.25, -0.2) is 0 Å². The first-order chi connectivity index (χ1) is 5.86. The topological polar surface area (TPSA) is 17.1 Å². The van der Waals surface area contributed by atoms with Gasteiger partial charge in [-0.2, -0.15) is 0 Å². The van der Waals surface area contributed by atoms with Gasteiger partial charge in [-0.3, -0.25) is 4.79 Å². The van der Waals surface area contributed by atoms with Crippen molar-refractivity contribution in [3.63, 3.8) is 0 Å². The van der Waals surface area contributed by atoms with Crippen molar-refractivity contribution in [3.05, 3.63) is 36.0 Å². The van der Waals surface area contributed by atoms with Crippen molar-refractivity contribution in [2.75, 3.05) is 0 Å². The van der Waals surface area contributed by atoms with Crippen molar-refractivity contribution in [3.8, 4) is 0 Å². The molecule has 0 aromatic rings. The first-order valence-electron chi connectivity index (χ1n) is 4.44. The van der Waals surface area contributed by atoms with E-state index >= 15 is 0 Å². The van der Waals surface area contributed by atoms with Crippen LogP contribution in [0.25, 0.3) is 0 Å². The standard InChI is InChI=1S/C11H12O/c12-11-7-5-9-3-1-2-4-10(9)6-8-11/h1-3,5,7,10H,4,6,8H2. The molecule has 0 fully saturated rings. The molecule has 1 unspecified atom stereocenters. The van der Waals surface area contributed by atoms with E-state index in [1.807, 2.05) is 6.08 Å². The summed E-state index contributed by atoms with van der Waals surface area (Å²) in [6.45, 7) is 0. The molecule has 0 radical (unpaired) electrons. The molecular weight excluding hydrogens is 148 g/mol. The molecule has 1 heteroatoms. The van der Waals surface area contributed by atoms with E-state index in [4.69, 9.17) is 0 Å². The highest BCUT2D eigenvalue weighted by atomic mass is 16.1. The first-order valence-corrected chi connectivity index (χ1v) is 4.44. The Morgan fingerprint density at radius 2 is 2.25 bits per heavy atom. The summed E-state index contributed by atoms with van der Waals surface area (Å²) in [5.41, 5.74) is 1.32. The second-order valence-electron chi connectivity index (χ2n) is 3.37. The summed E-state index contributed by atoms with van der Waals surface area (Å²) in [6, 6.07) is 0. The zero-order valence-corrected chi connectivity index (χ0v) is 6.99. The molecule has 0 saturated heterocycles. The van der Waals surface area contributed by atoms with Gasteiger partial charge in [0.25, 0.3) is 0 Å². The van der Waals surface area contributed by atoms with E-state index < -0.39 is 0 Å². The van der Waals surface area contributed by atoms with Gasteiger partial charge in [0.2, 0.25) is 0 Å². The molecule has 2 rings (SSSR count). The third kappa shape index (κ3) is 1.40. The van der Waals surface area contributed by atoms with E-state index in [1.54, 1.807) is 6.08 Å². The van der Waals surface area contributed by atoms with Crippen molar-refractivity contribution in [2.24, 2.45) is 5.92 Å². The van der Waals surface area contributed by atoms with Crippen LogP contribution in [0.15, 0.2) is 36.0 Å². The third-order valence-electron chi connectivity index (χ3n) is 2.52. The van der Waals surface area contributed by atoms with Crippen molar-refractivity contribution < 1.29 is 4.79 Å². The van der Waals surface area contributed by atoms with E-state index in [0.29, 0.717) is 12.3 Å². The lowest BCUT2D eigenvalue weighted by Crippen LogP contribution is -2.03. The minimum absolute atomic E-state index is 0.269. The summed E-state index contributed by atoms with van der Waals surface area (Å²) in [6.07, 6.45) is 12.9. The highest BCUT2D eigenvalue weighted by Crippen LogP contribution is 2.28. The number of carbonyl (C=O) groups is 1. The van der Waals surface area contributed by atoms with E-state index in [2.05, 4.69) is 18.2 Å². The zero-order valence-electron chi connectivity index (χ0n) is 6.99. The lowest BCUT2D eigenvalue weighted by Gasteiger charge is -2.16. The Morgan fingerprint density at radius 1 is 1.33 bits per heavy atom. The highest BCUT2D eigenvalue weighted by Gasteiger charge is 2.16. The quantitative estimate of drug-likeness (QED) is 0.532. The summed E-state index contributed by atoms with van der Waals surface area (Å²) in [7, 11) is 0. The Labute approximate surface area is 72.5 Å². The predicted molar refractivity (Wildman–Crippen MR) is 48.7 cm³/mol. The van der Waals surface area contributed by atoms with Crippen molar-refractivity contribution in [2.45, 2.75) is 19.3 Å². The van der Waals surface area contributed by atoms with Gasteiger partial charge in [-0.05, 0) is 30.4 Å². The average molecular weight is 160 g/mol. The fourth-order valence-electron chi connectivity index (χ4n) is 1.76. The van der Waals surface area contributed by atoms with E-state index in [9.17, 15) is 4.79 Å². The average Bonchev–Trinajstić information content (AvgIpc) is 2.29. The van der Waals surface area contributed by atoms with Gasteiger partial charge < -0.3 is 0 Å². The smallest absolute Gasteiger partial charge is 0.155 e. The van der Waals surface area contributed by atoms with Crippen LogP contribution in [0.4, 0.5) is 0 Å². The Balaban J connectivity index is 2.26. The molecule has 0 N–H and O–H groups in total. The van der Waals surface area contributed by atoms with Crippen LogP contribution < -0.4 is 0 Å². The minimum atomic E-state index is 0.269. The molecule has 12 heavy (non-hydrogen) atoms. The molecule has 62 valence electrons. The molecule has 1 atom stereocenters. The summed E-state index contributed by atoms with van der Waals surface area (Å²) in [4.78, 5) is 11.1. The highest BCUT2D eigenvalue weighted by molar-refractivity contribution is 5.90. The van der Waals surface area contributed by atoms with Crippen LogP contribution in [0.1, 0.15) is 19.3 Å². The van der Waals surface area contributed by atoms with Crippen LogP contribution in [0.2, 0.25) is 0 Å². The number of hydrogen-bond donors (Lipinski definition) is 0. The molecule has 0 aromatic carbocycles. The predicted octanol–water partition coefficient (Wildman–Crippen LogP) is 2.41. The molecule has 0 heterocycles. The Morgan fingerprint density at radius 3 is 3.17 bits per heavy atom. The van der Waals surface area contributed by atoms with Crippen LogP contribution in [0.3, 0.4) is 0 Å². The van der Waals surface area contributed by atoms with Crippen molar-refractivity contribution in [1.29, 1.82) is 0 Å². The normalized spacial score (nSPS) is 27.8. The first kappa shape index (κ1) is 7.53. The molecule has 0 spiro atoms. The number of carbonyl (C=O) groups excluding carboxylic acids is 1. The molecule has 2 aliphatic rings. The monoisotopic (exact) mass is 160 g/mol. The van der Waals surface area contributed by atoms with E-state index in [1.165, 1.54) is 5.57 Å². The largest absolute Gasteiger partial charge is 0.295 e. The van der Waals surface area contributed by atoms with Crippen LogP contribution in [-0.2, 0) is 4.79 Å². The van der Waals surface area contributed by atoms with Gasteiger partial charge in [-0.1, -0.05) is 24.3 Å². The fourth-order valence-corrected chi connectivity index (χ4v) is 1.76. The van der Waals surface area contributed by atoms with E-state index in [0.717, 1.165) is 12.8 Å². The van der Waals surface area contributed by atoms with Crippen LogP contribution >= 0.6 is 0 Å². The fraction of sp³-hybridized carbons (Fsp3) is 0.364. The van der Waals surface area contributed by atoms with Gasteiger partial charge in [0.1, 0.15) is 0 Å². The Bertz CT molecular complexity index is 281. The van der Waals surface area contributed by atoms with Gasteiger partial charge in [0.15, 0.2) is 5.78 Å². The van der Waals surface area contributed by atoms with Crippen LogP contribution in [0.5, 0.6) is 0 Å². The number of rotatable bonds is 0. The molecule has 1 nitrogen and oxygen atoms in total. The minimum Gasteiger partial charge on any atom is -0.295 e. The van der Waals surface area contributed by atoms with Gasteiger partial charge >= 0.3 is 0 Å². The van der Waals surface area contributed by atoms with Crippen molar-refractivity contribution >= 4 is 5.78 Å². The molecule has 0 saturated carbocycles. The maximum atomic E-state index is 11.1. The number of hydrogen-bond acceptors (Lipinski definition) is 1. The Hall–Kier alpha value is -1.11. The third-order valence-corrected chi connectivity index (χ3v) is 2.52. The maximum absolute atomic E-state index is 11.1. The summed E-state index contributed by atoms with van der Waals surface area (Å²) >= 11 is 0. The zero-order chi connectivity index (χ0) is 8.39. The Kier molecular flexibility index (Phi) is 1.94. The molecule has 0 bridgehead atoms. The molecule has 0 aromatic heterocycles. The lowest BCUT2D eigenvalue weighted by atomic mass is 9.89. The number of fused-ring (bicyclic) bond motifs is 1. The van der Waals surface area contributed by atoms with Crippen molar-refractivity contribution in [1.82, 2.24) is 0 Å². The second kappa shape index (κ2) is 3.10. The molecule has 2 aliphatic carbocycles. The second-order valence-corrected chi connectivity index (χ2v) is 3.37. The maximum Gasteiger partial charge on any atom is 0.155 e. The lowest BCUT2D eigenvalue weighted by molar-refractivity contribution is -0.114. The number of ketones is 1. The summed E-state index contributed by atoms with van der Waals surface area (Å²) < 4.78 is 0. The summed E-state index contributed by atoms with van der Waals surface area (Å²) in [5.74, 6) is 0.864. The molecule has 0 amide bonds. The van der Waals surface area contributed by atoms with Crippen LogP contribution in [0, 0.1) is 5.92 Å². The van der Waals surface area contributed by atoms with Gasteiger partial charge in [0.05, 0.1) is 0 Å².